The molecule has 0 spiro atoms. The number of piperidine rings is 1. The Hall–Kier alpha value is -0.870. The molecule has 0 aromatic carbocycles. The van der Waals surface area contributed by atoms with Gasteiger partial charge in [0.15, 0.2) is 0 Å². The maximum atomic E-state index is 11.3. The number of hydrogen-bond acceptors (Lipinski definition) is 4. The maximum Gasteiger partial charge on any atom is 0.368 e. The van der Waals surface area contributed by atoms with Gasteiger partial charge in [-0.05, 0) is 60.3 Å². The zero-order chi connectivity index (χ0) is 14.8. The minimum Gasteiger partial charge on any atom is -0.307 e. The minimum absolute atomic E-state index is 0.0579. The molecule has 19 heavy (non-hydrogen) atoms. The van der Waals surface area contributed by atoms with Gasteiger partial charge in [-0.1, -0.05) is 6.58 Å². The molecular formula is C15H27NO3. The first-order valence-corrected chi connectivity index (χ1v) is 6.85. The Kier molecular flexibility index (Phi) is 4.80. The Labute approximate surface area is 116 Å². The summed E-state index contributed by atoms with van der Waals surface area (Å²) in [7, 11) is 0. The Bertz CT molecular complexity index is 344. The Morgan fingerprint density at radius 2 is 1.74 bits per heavy atom. The molecular weight excluding hydrogens is 242 g/mol. The van der Waals surface area contributed by atoms with Crippen molar-refractivity contribution in [3.63, 3.8) is 0 Å². The van der Waals surface area contributed by atoms with Crippen LogP contribution in [-0.2, 0) is 14.6 Å². The normalized spacial score (nSPS) is 23.7. The third-order valence-corrected chi connectivity index (χ3v) is 3.51. The third-order valence-electron chi connectivity index (χ3n) is 3.51. The number of carbonyl (C=O) groups is 1. The van der Waals surface area contributed by atoms with E-state index in [0.717, 1.165) is 12.8 Å². The van der Waals surface area contributed by atoms with Gasteiger partial charge in [0.1, 0.15) is 6.10 Å². The number of rotatable bonds is 4. The monoisotopic (exact) mass is 269 g/mol. The summed E-state index contributed by atoms with van der Waals surface area (Å²) < 4.78 is 0. The molecule has 1 heterocycles. The summed E-state index contributed by atoms with van der Waals surface area (Å²) in [4.78, 5) is 21.4. The van der Waals surface area contributed by atoms with Crippen molar-refractivity contribution in [2.45, 2.75) is 71.6 Å². The fraction of sp³-hybridized carbons (Fsp3) is 0.800. The van der Waals surface area contributed by atoms with E-state index >= 15 is 0 Å². The van der Waals surface area contributed by atoms with Gasteiger partial charge in [-0.15, -0.1) is 0 Å². The van der Waals surface area contributed by atoms with E-state index in [-0.39, 0.29) is 17.2 Å². The molecule has 4 nitrogen and oxygen atoms in total. The van der Waals surface area contributed by atoms with Gasteiger partial charge in [-0.2, -0.15) is 4.89 Å². The number of nitrogens with one attached hydrogen (secondary N) is 1. The van der Waals surface area contributed by atoms with Gasteiger partial charge in [-0.25, -0.2) is 4.79 Å². The van der Waals surface area contributed by atoms with E-state index in [2.05, 4.69) is 39.6 Å². The van der Waals surface area contributed by atoms with Crippen molar-refractivity contribution < 1.29 is 14.6 Å². The second-order valence-corrected chi connectivity index (χ2v) is 7.01. The highest BCUT2D eigenvalue weighted by Crippen LogP contribution is 2.35. The zero-order valence-electron chi connectivity index (χ0n) is 13.0. The second-order valence-electron chi connectivity index (χ2n) is 7.01. The van der Waals surface area contributed by atoms with Crippen molar-refractivity contribution in [2.75, 3.05) is 0 Å². The first-order chi connectivity index (χ1) is 8.52. The summed E-state index contributed by atoms with van der Waals surface area (Å²) in [6.45, 7) is 15.8. The van der Waals surface area contributed by atoms with Crippen LogP contribution in [0.1, 0.15) is 54.4 Å². The smallest absolute Gasteiger partial charge is 0.307 e. The molecule has 1 rings (SSSR count). The second kappa shape index (κ2) is 5.63. The van der Waals surface area contributed by atoms with Gasteiger partial charge in [0.2, 0.25) is 0 Å². The first-order valence-electron chi connectivity index (χ1n) is 6.85. The highest BCUT2D eigenvalue weighted by Gasteiger charge is 2.40. The highest BCUT2D eigenvalue weighted by atomic mass is 17.2. The van der Waals surface area contributed by atoms with E-state index in [9.17, 15) is 4.79 Å². The molecule has 1 saturated heterocycles. The van der Waals surface area contributed by atoms with Crippen molar-refractivity contribution in [3.05, 3.63) is 12.2 Å². The topological polar surface area (TPSA) is 47.6 Å². The van der Waals surface area contributed by atoms with Gasteiger partial charge in [-0.3, -0.25) is 4.89 Å². The van der Waals surface area contributed by atoms with Gasteiger partial charge in [0.05, 0.1) is 0 Å². The first kappa shape index (κ1) is 16.2. The predicted molar refractivity (Wildman–Crippen MR) is 75.5 cm³/mol. The van der Waals surface area contributed by atoms with Crippen LogP contribution in [0.4, 0.5) is 0 Å². The zero-order valence-corrected chi connectivity index (χ0v) is 13.0. The van der Waals surface area contributed by atoms with Crippen LogP contribution in [0.2, 0.25) is 0 Å². The quantitative estimate of drug-likeness (QED) is 0.484. The average molecular weight is 269 g/mol. The van der Waals surface area contributed by atoms with Gasteiger partial charge in [0, 0.05) is 16.7 Å². The molecule has 1 fully saturated rings. The fourth-order valence-electron chi connectivity index (χ4n) is 3.00. The average Bonchev–Trinajstić information content (AvgIpc) is 2.20. The molecule has 0 saturated carbocycles. The molecule has 4 heteroatoms. The summed E-state index contributed by atoms with van der Waals surface area (Å²) in [5.74, 6) is -0.150. The van der Waals surface area contributed by atoms with E-state index in [1.54, 1.807) is 6.92 Å². The lowest BCUT2D eigenvalue weighted by Crippen LogP contribution is -2.59. The molecule has 1 aliphatic rings. The van der Waals surface area contributed by atoms with Gasteiger partial charge in [0.25, 0.3) is 0 Å². The van der Waals surface area contributed by atoms with Crippen LogP contribution >= 0.6 is 0 Å². The third kappa shape index (κ3) is 4.96. The molecule has 0 aromatic rings. The number of hydrogen-bond donors (Lipinski definition) is 1. The molecule has 0 amide bonds. The summed E-state index contributed by atoms with van der Waals surface area (Å²) in [6, 6.07) is 0. The summed E-state index contributed by atoms with van der Waals surface area (Å²) in [5, 5.41) is 3.62. The maximum absolute atomic E-state index is 11.3. The summed E-state index contributed by atoms with van der Waals surface area (Å²) in [5.41, 5.74) is 0.461. The summed E-state index contributed by atoms with van der Waals surface area (Å²) in [6.07, 6.45) is 1.86. The molecule has 1 unspecified atom stereocenters. The van der Waals surface area contributed by atoms with E-state index in [1.165, 1.54) is 0 Å². The van der Waals surface area contributed by atoms with Crippen LogP contribution in [-0.4, -0.2) is 23.2 Å². The van der Waals surface area contributed by atoms with Crippen LogP contribution in [0.15, 0.2) is 12.2 Å². The van der Waals surface area contributed by atoms with Gasteiger partial charge >= 0.3 is 5.97 Å². The van der Waals surface area contributed by atoms with Crippen LogP contribution in [0.25, 0.3) is 0 Å². The van der Waals surface area contributed by atoms with E-state index in [1.807, 2.05) is 6.92 Å². The number of carbonyl (C=O) groups excluding carboxylic acids is 1. The molecule has 0 aliphatic carbocycles. The Morgan fingerprint density at radius 1 is 1.26 bits per heavy atom. The molecule has 1 aliphatic heterocycles. The summed E-state index contributed by atoms with van der Waals surface area (Å²) >= 11 is 0. The molecule has 110 valence electrons. The lowest BCUT2D eigenvalue weighted by atomic mass is 9.74. The molecule has 0 aromatic heterocycles. The van der Waals surface area contributed by atoms with Gasteiger partial charge < -0.3 is 5.32 Å². The Morgan fingerprint density at radius 3 is 2.16 bits per heavy atom. The van der Waals surface area contributed by atoms with Crippen molar-refractivity contribution in [3.8, 4) is 0 Å². The van der Waals surface area contributed by atoms with Crippen molar-refractivity contribution >= 4 is 5.97 Å². The van der Waals surface area contributed by atoms with E-state index < -0.39 is 5.97 Å². The van der Waals surface area contributed by atoms with E-state index in [0.29, 0.717) is 11.5 Å². The lowest BCUT2D eigenvalue weighted by Gasteiger charge is -2.47. The largest absolute Gasteiger partial charge is 0.368 e. The van der Waals surface area contributed by atoms with Crippen LogP contribution in [0.3, 0.4) is 0 Å². The molecule has 0 radical (unpaired) electrons. The van der Waals surface area contributed by atoms with Crippen molar-refractivity contribution in [2.24, 2.45) is 5.92 Å². The molecule has 1 N–H and O–H groups in total. The molecule has 1 atom stereocenters. The van der Waals surface area contributed by atoms with Crippen LogP contribution in [0, 0.1) is 5.92 Å². The highest BCUT2D eigenvalue weighted by molar-refractivity contribution is 5.86. The van der Waals surface area contributed by atoms with Crippen LogP contribution in [0.5, 0.6) is 0 Å². The van der Waals surface area contributed by atoms with Crippen LogP contribution < -0.4 is 5.32 Å². The van der Waals surface area contributed by atoms with Crippen molar-refractivity contribution in [1.29, 1.82) is 0 Å². The van der Waals surface area contributed by atoms with Crippen molar-refractivity contribution in [1.82, 2.24) is 5.32 Å². The minimum atomic E-state index is -0.501. The Balaban J connectivity index is 2.59. The van der Waals surface area contributed by atoms with E-state index in [4.69, 9.17) is 9.78 Å². The lowest BCUT2D eigenvalue weighted by molar-refractivity contribution is -0.302. The predicted octanol–water partition coefficient (Wildman–Crippen LogP) is 2.98. The SMILES string of the molecule is C=C(C)C(=O)OOC(C)C1CC(C)(C)NC(C)(C)C1. The standard InChI is InChI=1S/C15H27NO3/c1-10(2)13(17)19-18-11(3)12-8-14(4,5)16-15(6,7)9-12/h11-12,16H,1,8-9H2,2-7H3. The fourth-order valence-corrected chi connectivity index (χ4v) is 3.00. The molecule has 0 bridgehead atoms.